The molecule has 0 saturated carbocycles. The summed E-state index contributed by atoms with van der Waals surface area (Å²) in [5.41, 5.74) is 2.79. The quantitative estimate of drug-likeness (QED) is 0.381. The fourth-order valence-electron chi connectivity index (χ4n) is 3.93. The SMILES string of the molecule is COC(=O)c1ccc(CCN2CCCC2C=CC(O)C(C)CC#Cc2ccccc2)cc1. The van der Waals surface area contributed by atoms with Crippen LogP contribution in [0.2, 0.25) is 0 Å². The van der Waals surface area contributed by atoms with Gasteiger partial charge in [-0.3, -0.25) is 4.90 Å². The Morgan fingerprint density at radius 2 is 1.97 bits per heavy atom. The van der Waals surface area contributed by atoms with Crippen molar-refractivity contribution >= 4 is 5.97 Å². The number of carbonyl (C=O) groups excluding carboxylic acids is 1. The molecule has 3 atom stereocenters. The molecule has 0 amide bonds. The number of nitrogens with zero attached hydrogens (tertiary/aromatic N) is 1. The average molecular weight is 432 g/mol. The first-order chi connectivity index (χ1) is 15.6. The van der Waals surface area contributed by atoms with Gasteiger partial charge >= 0.3 is 5.97 Å². The smallest absolute Gasteiger partial charge is 0.337 e. The lowest BCUT2D eigenvalue weighted by Gasteiger charge is -2.22. The molecule has 32 heavy (non-hydrogen) atoms. The fraction of sp³-hybridized carbons (Fsp3) is 0.393. The maximum absolute atomic E-state index is 11.6. The Morgan fingerprint density at radius 3 is 2.69 bits per heavy atom. The number of aliphatic hydroxyl groups excluding tert-OH is 1. The van der Waals surface area contributed by atoms with Gasteiger partial charge in [0.05, 0.1) is 18.8 Å². The highest BCUT2D eigenvalue weighted by atomic mass is 16.5. The average Bonchev–Trinajstić information content (AvgIpc) is 3.29. The van der Waals surface area contributed by atoms with E-state index in [1.165, 1.54) is 19.1 Å². The number of rotatable bonds is 8. The van der Waals surface area contributed by atoms with E-state index in [0.29, 0.717) is 18.0 Å². The number of hydrogen-bond acceptors (Lipinski definition) is 4. The summed E-state index contributed by atoms with van der Waals surface area (Å²) in [7, 11) is 1.40. The van der Waals surface area contributed by atoms with Gasteiger partial charge in [-0.05, 0) is 61.6 Å². The van der Waals surface area contributed by atoms with Gasteiger partial charge in [0.1, 0.15) is 0 Å². The molecule has 1 N–H and O–H groups in total. The Hall–Kier alpha value is -2.87. The van der Waals surface area contributed by atoms with E-state index in [0.717, 1.165) is 31.5 Å². The maximum atomic E-state index is 11.6. The maximum Gasteiger partial charge on any atom is 0.337 e. The molecular formula is C28H33NO3. The van der Waals surface area contributed by atoms with Crippen molar-refractivity contribution in [2.24, 2.45) is 5.92 Å². The van der Waals surface area contributed by atoms with Crippen LogP contribution < -0.4 is 0 Å². The lowest BCUT2D eigenvalue weighted by molar-refractivity contribution is 0.0600. The van der Waals surface area contributed by atoms with Crippen LogP contribution in [0.25, 0.3) is 0 Å². The van der Waals surface area contributed by atoms with Crippen molar-refractivity contribution in [3.05, 3.63) is 83.4 Å². The highest BCUT2D eigenvalue weighted by Crippen LogP contribution is 2.20. The van der Waals surface area contributed by atoms with Crippen LogP contribution in [0.1, 0.15) is 47.7 Å². The zero-order valence-corrected chi connectivity index (χ0v) is 19.0. The van der Waals surface area contributed by atoms with Crippen molar-refractivity contribution in [2.75, 3.05) is 20.2 Å². The van der Waals surface area contributed by atoms with Gasteiger partial charge in [-0.1, -0.05) is 61.2 Å². The second-order valence-corrected chi connectivity index (χ2v) is 8.41. The second kappa shape index (κ2) is 12.2. The number of aliphatic hydroxyl groups is 1. The van der Waals surface area contributed by atoms with Crippen LogP contribution in [0, 0.1) is 17.8 Å². The number of likely N-dealkylation sites (tertiary alicyclic amines) is 1. The van der Waals surface area contributed by atoms with Gasteiger partial charge in [0.15, 0.2) is 0 Å². The van der Waals surface area contributed by atoms with E-state index in [1.54, 1.807) is 0 Å². The molecule has 1 saturated heterocycles. The van der Waals surface area contributed by atoms with Gasteiger partial charge in [-0.2, -0.15) is 0 Å². The normalized spacial score (nSPS) is 18.2. The molecule has 168 valence electrons. The van der Waals surface area contributed by atoms with E-state index >= 15 is 0 Å². The molecule has 2 aromatic rings. The lowest BCUT2D eigenvalue weighted by Crippen LogP contribution is -2.30. The molecule has 3 unspecified atom stereocenters. The molecule has 0 bridgehead atoms. The Labute approximate surface area is 191 Å². The zero-order chi connectivity index (χ0) is 22.8. The molecule has 3 rings (SSSR count). The first-order valence-electron chi connectivity index (χ1n) is 11.4. The zero-order valence-electron chi connectivity index (χ0n) is 19.0. The number of benzene rings is 2. The van der Waals surface area contributed by atoms with E-state index < -0.39 is 6.10 Å². The third kappa shape index (κ3) is 7.09. The molecule has 1 heterocycles. The molecule has 1 aliphatic heterocycles. The molecule has 1 fully saturated rings. The van der Waals surface area contributed by atoms with E-state index in [2.05, 4.69) is 22.8 Å². The second-order valence-electron chi connectivity index (χ2n) is 8.41. The molecule has 4 heteroatoms. The molecule has 0 aromatic heterocycles. The minimum absolute atomic E-state index is 0.0886. The number of hydrogen-bond donors (Lipinski definition) is 1. The van der Waals surface area contributed by atoms with Crippen molar-refractivity contribution < 1.29 is 14.6 Å². The Balaban J connectivity index is 1.47. The minimum atomic E-state index is -0.492. The largest absolute Gasteiger partial charge is 0.465 e. The van der Waals surface area contributed by atoms with E-state index in [1.807, 2.05) is 67.6 Å². The third-order valence-corrected chi connectivity index (χ3v) is 6.02. The van der Waals surface area contributed by atoms with Crippen LogP contribution in [0.3, 0.4) is 0 Å². The number of esters is 1. The topological polar surface area (TPSA) is 49.8 Å². The van der Waals surface area contributed by atoms with Gasteiger partial charge in [0.2, 0.25) is 0 Å². The standard InChI is InChI=1S/C28H33NO3/c1-22(8-6-11-23-9-4-3-5-10-23)27(30)18-17-26-12-7-20-29(26)21-19-24-13-15-25(16-14-24)28(31)32-2/h3-5,9-10,13-18,22,26-27,30H,7-8,12,19-21H2,1-2H3. The van der Waals surface area contributed by atoms with E-state index in [-0.39, 0.29) is 11.9 Å². The molecule has 2 aromatic carbocycles. The van der Waals surface area contributed by atoms with E-state index in [4.69, 9.17) is 4.74 Å². The molecule has 0 aliphatic carbocycles. The van der Waals surface area contributed by atoms with Crippen molar-refractivity contribution in [3.8, 4) is 11.8 Å². The monoisotopic (exact) mass is 431 g/mol. The minimum Gasteiger partial charge on any atom is -0.465 e. The van der Waals surface area contributed by atoms with Crippen molar-refractivity contribution in [3.63, 3.8) is 0 Å². The van der Waals surface area contributed by atoms with Crippen molar-refractivity contribution in [2.45, 2.75) is 44.8 Å². The highest BCUT2D eigenvalue weighted by Gasteiger charge is 2.22. The van der Waals surface area contributed by atoms with Crippen LogP contribution in [0.4, 0.5) is 0 Å². The predicted octanol–water partition coefficient (Wildman–Crippen LogP) is 4.48. The summed E-state index contributed by atoms with van der Waals surface area (Å²) >= 11 is 0. The van der Waals surface area contributed by atoms with E-state index in [9.17, 15) is 9.90 Å². The van der Waals surface area contributed by atoms with Crippen LogP contribution in [0.15, 0.2) is 66.7 Å². The first kappa shape index (κ1) is 23.8. The number of methoxy groups -OCH3 is 1. The Kier molecular flexibility index (Phi) is 9.10. The molecule has 0 spiro atoms. The van der Waals surface area contributed by atoms with Gasteiger partial charge in [-0.15, -0.1) is 0 Å². The highest BCUT2D eigenvalue weighted by molar-refractivity contribution is 5.89. The molecule has 4 nitrogen and oxygen atoms in total. The summed E-state index contributed by atoms with van der Waals surface area (Å²) in [4.78, 5) is 14.0. The van der Waals surface area contributed by atoms with Crippen molar-refractivity contribution in [1.82, 2.24) is 4.90 Å². The fourth-order valence-corrected chi connectivity index (χ4v) is 3.93. The van der Waals surface area contributed by atoms with Gasteiger partial charge < -0.3 is 9.84 Å². The third-order valence-electron chi connectivity index (χ3n) is 6.02. The summed E-state index contributed by atoms with van der Waals surface area (Å²) in [6.45, 7) is 4.07. The predicted molar refractivity (Wildman–Crippen MR) is 128 cm³/mol. The lowest BCUT2D eigenvalue weighted by atomic mass is 9.99. The van der Waals surface area contributed by atoms with Gasteiger partial charge in [0, 0.05) is 24.6 Å². The van der Waals surface area contributed by atoms with Crippen LogP contribution >= 0.6 is 0 Å². The molecular weight excluding hydrogens is 398 g/mol. The van der Waals surface area contributed by atoms with Crippen molar-refractivity contribution in [1.29, 1.82) is 0 Å². The van der Waals surface area contributed by atoms with Gasteiger partial charge in [0.25, 0.3) is 0 Å². The summed E-state index contributed by atoms with van der Waals surface area (Å²) in [5.74, 6) is 6.13. The molecule has 1 aliphatic rings. The Morgan fingerprint density at radius 1 is 1.22 bits per heavy atom. The molecule has 0 radical (unpaired) electrons. The number of carbonyl (C=O) groups is 1. The summed E-state index contributed by atoms with van der Waals surface area (Å²) in [5, 5.41) is 10.5. The first-order valence-corrected chi connectivity index (χ1v) is 11.4. The Bertz CT molecular complexity index is 940. The van der Waals surface area contributed by atoms with Crippen LogP contribution in [-0.2, 0) is 11.2 Å². The van der Waals surface area contributed by atoms with Crippen LogP contribution in [0.5, 0.6) is 0 Å². The van der Waals surface area contributed by atoms with Gasteiger partial charge in [-0.25, -0.2) is 4.79 Å². The summed E-state index contributed by atoms with van der Waals surface area (Å²) in [6, 6.07) is 17.9. The number of ether oxygens (including phenoxy) is 1. The summed E-state index contributed by atoms with van der Waals surface area (Å²) < 4.78 is 4.75. The summed E-state index contributed by atoms with van der Waals surface area (Å²) in [6.07, 6.45) is 7.50. The van der Waals surface area contributed by atoms with Crippen LogP contribution in [-0.4, -0.2) is 48.3 Å².